The van der Waals surface area contributed by atoms with Crippen molar-refractivity contribution in [3.05, 3.63) is 16.2 Å². The van der Waals surface area contributed by atoms with Gasteiger partial charge in [0.1, 0.15) is 10.6 Å². The highest BCUT2D eigenvalue weighted by Crippen LogP contribution is 2.29. The molecule has 1 fully saturated rings. The first-order chi connectivity index (χ1) is 10.0. The number of hydrogen-bond donors (Lipinski definition) is 1. The minimum atomic E-state index is -0.195. The maximum Gasteiger partial charge on any atom is 0.288 e. The number of nitrogens with zero attached hydrogens (tertiary/aromatic N) is 3. The number of carbonyl (C=O) groups is 2. The van der Waals surface area contributed by atoms with Crippen molar-refractivity contribution in [1.82, 2.24) is 14.9 Å². The zero-order chi connectivity index (χ0) is 15.0. The quantitative estimate of drug-likeness (QED) is 0.861. The number of nitrogens with one attached hydrogen (secondary N) is 1. The Balaban J connectivity index is 1.73. The predicted molar refractivity (Wildman–Crippen MR) is 85.2 cm³/mol. The van der Waals surface area contributed by atoms with Crippen molar-refractivity contribution in [2.24, 2.45) is 0 Å². The van der Waals surface area contributed by atoms with Crippen molar-refractivity contribution in [2.45, 2.75) is 6.92 Å². The topological polar surface area (TPSA) is 75.2 Å². The lowest BCUT2D eigenvalue weighted by Gasteiger charge is -2.13. The molecule has 2 aromatic heterocycles. The Morgan fingerprint density at radius 1 is 1.43 bits per heavy atom. The van der Waals surface area contributed by atoms with Crippen LogP contribution in [0.1, 0.15) is 4.88 Å². The highest BCUT2D eigenvalue weighted by molar-refractivity contribution is 8.14. The fourth-order valence-electron chi connectivity index (χ4n) is 2.03. The molecule has 110 valence electrons. The first kappa shape index (κ1) is 14.6. The summed E-state index contributed by atoms with van der Waals surface area (Å²) in [5, 5.41) is 4.01. The Bertz CT molecular complexity index is 717. The van der Waals surface area contributed by atoms with Crippen LogP contribution in [0.5, 0.6) is 0 Å². The number of amides is 2. The molecule has 0 aliphatic carbocycles. The van der Waals surface area contributed by atoms with E-state index < -0.39 is 0 Å². The molecule has 1 saturated heterocycles. The van der Waals surface area contributed by atoms with Crippen LogP contribution in [0.2, 0.25) is 5.28 Å². The first-order valence-corrected chi connectivity index (χ1v) is 8.37. The van der Waals surface area contributed by atoms with Crippen molar-refractivity contribution in [3.8, 4) is 0 Å². The number of fused-ring (bicyclic) bond motifs is 1. The molecule has 0 atom stereocenters. The smallest absolute Gasteiger partial charge is 0.288 e. The van der Waals surface area contributed by atoms with Gasteiger partial charge in [0.05, 0.1) is 11.1 Å². The predicted octanol–water partition coefficient (Wildman–Crippen LogP) is 2.76. The third-order valence-electron chi connectivity index (χ3n) is 2.96. The fraction of sp³-hybridized carbons (Fsp3) is 0.333. The second kappa shape index (κ2) is 5.78. The number of imide groups is 1. The average Bonchev–Trinajstić information content (AvgIpc) is 2.94. The van der Waals surface area contributed by atoms with Gasteiger partial charge in [-0.2, -0.15) is 0 Å². The molecular formula is C12H11ClN4O2S2. The van der Waals surface area contributed by atoms with Crippen LogP contribution in [0.25, 0.3) is 10.2 Å². The lowest BCUT2D eigenvalue weighted by Crippen LogP contribution is -2.33. The van der Waals surface area contributed by atoms with E-state index in [0.717, 1.165) is 26.9 Å². The summed E-state index contributed by atoms with van der Waals surface area (Å²) in [6.07, 6.45) is 0. The minimum Gasteiger partial charge on any atom is -0.368 e. The van der Waals surface area contributed by atoms with Gasteiger partial charge in [-0.15, -0.1) is 11.3 Å². The number of thiophene rings is 1. The van der Waals surface area contributed by atoms with Gasteiger partial charge in [0.2, 0.25) is 11.2 Å². The molecule has 0 bridgehead atoms. The van der Waals surface area contributed by atoms with Gasteiger partial charge in [0.15, 0.2) is 0 Å². The SMILES string of the molecule is Cc1cc2c(NCCN3C(=O)CSC3=O)nc(Cl)nc2s1. The van der Waals surface area contributed by atoms with Gasteiger partial charge in [-0.05, 0) is 24.6 Å². The number of carbonyl (C=O) groups excluding carboxylic acids is 2. The molecule has 3 rings (SSSR count). The molecule has 2 amide bonds. The fourth-order valence-corrected chi connectivity index (χ4v) is 3.88. The summed E-state index contributed by atoms with van der Waals surface area (Å²) >= 11 is 8.48. The summed E-state index contributed by atoms with van der Waals surface area (Å²) in [7, 11) is 0. The van der Waals surface area contributed by atoms with E-state index in [0.29, 0.717) is 18.9 Å². The first-order valence-electron chi connectivity index (χ1n) is 6.19. The van der Waals surface area contributed by atoms with Gasteiger partial charge in [0.25, 0.3) is 5.24 Å². The number of thioether (sulfide) groups is 1. The van der Waals surface area contributed by atoms with E-state index in [-0.39, 0.29) is 22.2 Å². The van der Waals surface area contributed by atoms with Crippen LogP contribution < -0.4 is 5.32 Å². The molecule has 3 heterocycles. The summed E-state index contributed by atoms with van der Waals surface area (Å²) in [4.78, 5) is 34.5. The summed E-state index contributed by atoms with van der Waals surface area (Å²) in [5.41, 5.74) is 0. The number of rotatable bonds is 4. The molecule has 9 heteroatoms. The van der Waals surface area contributed by atoms with Crippen molar-refractivity contribution in [1.29, 1.82) is 0 Å². The van der Waals surface area contributed by atoms with E-state index >= 15 is 0 Å². The number of hydrogen-bond acceptors (Lipinski definition) is 7. The van der Waals surface area contributed by atoms with Crippen LogP contribution in [0.15, 0.2) is 6.07 Å². The molecule has 1 N–H and O–H groups in total. The third kappa shape index (κ3) is 2.97. The normalized spacial score (nSPS) is 15.2. The standard InChI is InChI=1S/C12H11ClN4O2S2/c1-6-4-7-9(15-11(13)16-10(7)21-6)14-2-3-17-8(18)5-20-12(17)19/h4H,2-3,5H2,1H3,(H,14,15,16). The third-order valence-corrected chi connectivity index (χ3v) is 4.93. The van der Waals surface area contributed by atoms with Gasteiger partial charge in [-0.1, -0.05) is 11.8 Å². The van der Waals surface area contributed by atoms with Crippen LogP contribution in [-0.2, 0) is 4.79 Å². The lowest BCUT2D eigenvalue weighted by atomic mass is 10.3. The van der Waals surface area contributed by atoms with E-state index in [4.69, 9.17) is 11.6 Å². The van der Waals surface area contributed by atoms with Crippen LogP contribution in [0.4, 0.5) is 10.6 Å². The van der Waals surface area contributed by atoms with Gasteiger partial charge in [0, 0.05) is 18.0 Å². The average molecular weight is 343 g/mol. The second-order valence-corrected chi connectivity index (χ2v) is 6.94. The van der Waals surface area contributed by atoms with Gasteiger partial charge >= 0.3 is 0 Å². The Morgan fingerprint density at radius 3 is 2.95 bits per heavy atom. The molecule has 1 aliphatic heterocycles. The van der Waals surface area contributed by atoms with Crippen LogP contribution >= 0.6 is 34.7 Å². The molecule has 0 radical (unpaired) electrons. The van der Waals surface area contributed by atoms with Crippen molar-refractivity contribution >= 4 is 61.9 Å². The summed E-state index contributed by atoms with van der Waals surface area (Å²) in [6, 6.07) is 1.99. The molecule has 0 unspecified atom stereocenters. The van der Waals surface area contributed by atoms with Gasteiger partial charge < -0.3 is 5.32 Å². The Kier molecular flexibility index (Phi) is 4.01. The molecule has 6 nitrogen and oxygen atoms in total. The lowest BCUT2D eigenvalue weighted by molar-refractivity contribution is -0.124. The Morgan fingerprint density at radius 2 is 2.24 bits per heavy atom. The van der Waals surface area contributed by atoms with E-state index in [1.165, 1.54) is 4.90 Å². The van der Waals surface area contributed by atoms with E-state index in [9.17, 15) is 9.59 Å². The Hall–Kier alpha value is -1.38. The van der Waals surface area contributed by atoms with Crippen molar-refractivity contribution in [3.63, 3.8) is 0 Å². The molecule has 0 spiro atoms. The maximum atomic E-state index is 11.5. The van der Waals surface area contributed by atoms with Crippen LogP contribution in [0.3, 0.4) is 0 Å². The molecule has 2 aromatic rings. The van der Waals surface area contributed by atoms with E-state index in [1.54, 1.807) is 11.3 Å². The molecule has 1 aliphatic rings. The Labute approximate surface area is 133 Å². The van der Waals surface area contributed by atoms with Crippen LogP contribution in [-0.4, -0.2) is 44.9 Å². The van der Waals surface area contributed by atoms with E-state index in [2.05, 4.69) is 15.3 Å². The highest BCUT2D eigenvalue weighted by atomic mass is 35.5. The number of halogens is 1. The number of anilines is 1. The number of aromatic nitrogens is 2. The zero-order valence-electron chi connectivity index (χ0n) is 11.1. The maximum absolute atomic E-state index is 11.5. The summed E-state index contributed by atoms with van der Waals surface area (Å²) in [6.45, 7) is 2.73. The zero-order valence-corrected chi connectivity index (χ0v) is 13.4. The minimum absolute atomic E-state index is 0.149. The van der Waals surface area contributed by atoms with Gasteiger partial charge in [-0.25, -0.2) is 9.97 Å². The number of aryl methyl sites for hydroxylation is 1. The largest absolute Gasteiger partial charge is 0.368 e. The van der Waals surface area contributed by atoms with Gasteiger partial charge in [-0.3, -0.25) is 14.5 Å². The van der Waals surface area contributed by atoms with Crippen molar-refractivity contribution < 1.29 is 9.59 Å². The van der Waals surface area contributed by atoms with Crippen molar-refractivity contribution in [2.75, 3.05) is 24.2 Å². The second-order valence-electron chi connectivity index (χ2n) is 4.44. The summed E-state index contributed by atoms with van der Waals surface area (Å²) < 4.78 is 0. The summed E-state index contributed by atoms with van der Waals surface area (Å²) in [5.74, 6) is 0.705. The molecule has 0 saturated carbocycles. The molecular weight excluding hydrogens is 332 g/mol. The monoisotopic (exact) mass is 342 g/mol. The van der Waals surface area contributed by atoms with E-state index in [1.807, 2.05) is 13.0 Å². The van der Waals surface area contributed by atoms with Crippen LogP contribution in [0, 0.1) is 6.92 Å². The molecule has 0 aromatic carbocycles. The highest BCUT2D eigenvalue weighted by Gasteiger charge is 2.29. The molecule has 21 heavy (non-hydrogen) atoms.